The van der Waals surface area contributed by atoms with E-state index in [0.29, 0.717) is 19.3 Å². The van der Waals surface area contributed by atoms with E-state index in [1.54, 1.807) is 0 Å². The van der Waals surface area contributed by atoms with Crippen molar-refractivity contribution >= 4 is 23.8 Å². The lowest BCUT2D eigenvalue weighted by Gasteiger charge is -2.18. The van der Waals surface area contributed by atoms with Crippen LogP contribution in [0.15, 0.2) is 0 Å². The Bertz CT molecular complexity index is 1060. The van der Waals surface area contributed by atoms with Gasteiger partial charge in [-0.2, -0.15) is 0 Å². The lowest BCUT2D eigenvalue weighted by Crippen LogP contribution is -2.47. The number of aliphatic hydroxyl groups is 1. The van der Waals surface area contributed by atoms with Gasteiger partial charge in [-0.3, -0.25) is 14.4 Å². The number of carbonyl (C=O) groups is 4. The van der Waals surface area contributed by atoms with Gasteiger partial charge in [0.1, 0.15) is 12.1 Å². The highest BCUT2D eigenvalue weighted by Crippen LogP contribution is 2.20. The van der Waals surface area contributed by atoms with Crippen molar-refractivity contribution in [2.24, 2.45) is 0 Å². The number of hydrogen-bond acceptors (Lipinski definition) is 6. The van der Waals surface area contributed by atoms with Crippen LogP contribution in [0, 0.1) is 0 Å². The molecule has 0 bridgehead atoms. The fourth-order valence-electron chi connectivity index (χ4n) is 9.01. The van der Waals surface area contributed by atoms with Crippen LogP contribution in [0.1, 0.15) is 309 Å². The van der Waals surface area contributed by atoms with Gasteiger partial charge >= 0.3 is 11.9 Å². The summed E-state index contributed by atoms with van der Waals surface area (Å²) in [7, 11) is 0. The molecule has 0 aliphatic heterocycles. The number of rotatable bonds is 53. The largest absolute Gasteiger partial charge is 0.480 e. The molecule has 0 radical (unpaired) electrons. The first-order valence-corrected chi connectivity index (χ1v) is 28.4. The summed E-state index contributed by atoms with van der Waals surface area (Å²) >= 11 is 0. The van der Waals surface area contributed by atoms with Gasteiger partial charge in [0.15, 0.2) is 0 Å². The van der Waals surface area contributed by atoms with E-state index in [-0.39, 0.29) is 24.5 Å². The van der Waals surface area contributed by atoms with Gasteiger partial charge in [0.25, 0.3) is 0 Å². The van der Waals surface area contributed by atoms with Crippen LogP contribution in [0.25, 0.3) is 0 Å². The zero-order valence-corrected chi connectivity index (χ0v) is 43.0. The van der Waals surface area contributed by atoms with Gasteiger partial charge in [0.05, 0.1) is 13.2 Å². The molecule has 9 nitrogen and oxygen atoms in total. The first kappa shape index (κ1) is 62.8. The molecule has 0 heterocycles. The van der Waals surface area contributed by atoms with Crippen molar-refractivity contribution < 1.29 is 34.1 Å². The molecule has 2 unspecified atom stereocenters. The van der Waals surface area contributed by atoms with Crippen molar-refractivity contribution in [2.75, 3.05) is 13.2 Å². The van der Waals surface area contributed by atoms with Crippen molar-refractivity contribution in [3.63, 3.8) is 0 Å². The normalized spacial score (nSPS) is 12.3. The highest BCUT2D eigenvalue weighted by molar-refractivity contribution is 5.87. The van der Waals surface area contributed by atoms with Gasteiger partial charge in [-0.05, 0) is 38.5 Å². The smallest absolute Gasteiger partial charge is 0.328 e. The molecule has 384 valence electrons. The second kappa shape index (κ2) is 51.2. The number of carboxylic acid groups (broad SMARTS) is 1. The molecule has 0 spiro atoms. The Labute approximate surface area is 401 Å². The lowest BCUT2D eigenvalue weighted by molar-refractivity contribution is -0.150. The average molecular weight is 921 g/mol. The molecule has 0 aromatic heterocycles. The highest BCUT2D eigenvalue weighted by Gasteiger charge is 2.19. The third kappa shape index (κ3) is 48.1. The second-order valence-electron chi connectivity index (χ2n) is 19.7. The lowest BCUT2D eigenvalue weighted by atomic mass is 10.0. The number of aliphatic carboxylic acids is 1. The number of unbranched alkanes of at least 4 members (excludes halogenated alkanes) is 39. The summed E-state index contributed by atoms with van der Waals surface area (Å²) in [6.07, 6.45) is 57.3. The maximum Gasteiger partial charge on any atom is 0.328 e. The van der Waals surface area contributed by atoms with Crippen molar-refractivity contribution in [3.05, 3.63) is 0 Å². The van der Waals surface area contributed by atoms with Crippen LogP contribution in [-0.4, -0.2) is 59.3 Å². The molecular weight excluding hydrogens is 813 g/mol. The Morgan fingerprint density at radius 1 is 0.400 bits per heavy atom. The van der Waals surface area contributed by atoms with E-state index in [4.69, 9.17) is 14.9 Å². The van der Waals surface area contributed by atoms with E-state index >= 15 is 0 Å². The molecule has 0 aromatic rings. The Morgan fingerprint density at radius 2 is 0.692 bits per heavy atom. The Kier molecular flexibility index (Phi) is 49.5. The van der Waals surface area contributed by atoms with E-state index in [9.17, 15) is 19.2 Å². The minimum atomic E-state index is -1.38. The summed E-state index contributed by atoms with van der Waals surface area (Å²) in [6.45, 7) is 3.54. The second-order valence-corrected chi connectivity index (χ2v) is 19.7. The Hall–Kier alpha value is -2.16. The number of carboxylic acids is 1. The summed E-state index contributed by atoms with van der Waals surface area (Å²) in [6, 6.07) is -1.38. The summed E-state index contributed by atoms with van der Waals surface area (Å²) in [5.41, 5.74) is 0. The predicted octanol–water partition coefficient (Wildman–Crippen LogP) is 15.6. The van der Waals surface area contributed by atoms with E-state index < -0.39 is 24.5 Å². The zero-order valence-electron chi connectivity index (χ0n) is 43.0. The monoisotopic (exact) mass is 921 g/mol. The van der Waals surface area contributed by atoms with Crippen LogP contribution in [0.4, 0.5) is 0 Å². The number of amides is 2. The van der Waals surface area contributed by atoms with Gasteiger partial charge < -0.3 is 25.6 Å². The maximum atomic E-state index is 12.9. The molecule has 0 saturated carbocycles. The number of nitrogens with one attached hydrogen (secondary N) is 2. The van der Waals surface area contributed by atoms with E-state index in [1.807, 2.05) is 0 Å². The first-order valence-electron chi connectivity index (χ1n) is 28.4. The van der Waals surface area contributed by atoms with Crippen molar-refractivity contribution in [3.8, 4) is 0 Å². The molecule has 0 rings (SSSR count). The summed E-state index contributed by atoms with van der Waals surface area (Å²) in [5.74, 6) is -2.26. The predicted molar refractivity (Wildman–Crippen MR) is 273 cm³/mol. The molecule has 0 aliphatic rings. The van der Waals surface area contributed by atoms with E-state index in [1.165, 1.54) is 218 Å². The topological polar surface area (TPSA) is 142 Å². The van der Waals surface area contributed by atoms with Crippen LogP contribution in [0.3, 0.4) is 0 Å². The molecule has 4 N–H and O–H groups in total. The Balaban J connectivity index is 4.15. The van der Waals surface area contributed by atoms with Crippen LogP contribution >= 0.6 is 0 Å². The van der Waals surface area contributed by atoms with Gasteiger partial charge in [-0.15, -0.1) is 0 Å². The summed E-state index contributed by atoms with van der Waals surface area (Å²) in [5, 5.41) is 22.7. The van der Waals surface area contributed by atoms with Gasteiger partial charge in [-0.1, -0.05) is 258 Å². The first-order chi connectivity index (χ1) is 31.8. The molecular formula is C56H108N2O7. The number of carbonyl (C=O) groups excluding carboxylic acids is 3. The number of esters is 1. The Morgan fingerprint density at radius 3 is 1.00 bits per heavy atom. The van der Waals surface area contributed by atoms with Gasteiger partial charge in [-0.25, -0.2) is 4.79 Å². The quantitative estimate of drug-likeness (QED) is 0.0351. The average Bonchev–Trinajstić information content (AvgIpc) is 3.29. The van der Waals surface area contributed by atoms with E-state index in [0.717, 1.165) is 57.8 Å². The highest BCUT2D eigenvalue weighted by atomic mass is 16.5. The number of hydrogen-bond donors (Lipinski definition) is 4. The fourth-order valence-corrected chi connectivity index (χ4v) is 9.01. The standard InChI is InChI=1S/C56H108N2O7/c1-3-5-7-9-11-13-15-17-19-20-21-22-23-24-25-26-27-29-31-33-35-40-44-48-55(62)65-51(45-41-37-34-32-30-28-18-16-14-12-10-8-6-4-2)46-42-38-36-39-43-47-53(60)57-49-54(61)58-52(50-59)56(63)64/h51-52,59H,3-50H2,1-2H3,(H,57,60)(H,58,61)(H,63,64). The summed E-state index contributed by atoms with van der Waals surface area (Å²) in [4.78, 5) is 47.9. The molecule has 0 saturated heterocycles. The molecule has 9 heteroatoms. The molecule has 0 aliphatic carbocycles. The fraction of sp³-hybridized carbons (Fsp3) is 0.929. The molecule has 65 heavy (non-hydrogen) atoms. The van der Waals surface area contributed by atoms with Crippen LogP contribution in [-0.2, 0) is 23.9 Å². The molecule has 0 aromatic carbocycles. The number of ether oxygens (including phenoxy) is 1. The third-order valence-corrected chi connectivity index (χ3v) is 13.4. The SMILES string of the molecule is CCCCCCCCCCCCCCCCCCCCCCCCCC(=O)OC(CCCCCCCCCCCCCCCC)CCCCCCCC(=O)NCC(=O)NC(CO)C(=O)O. The van der Waals surface area contributed by atoms with Crippen molar-refractivity contribution in [1.29, 1.82) is 0 Å². The molecule has 2 atom stereocenters. The summed E-state index contributed by atoms with van der Waals surface area (Å²) < 4.78 is 6.09. The zero-order chi connectivity index (χ0) is 47.5. The van der Waals surface area contributed by atoms with E-state index in [2.05, 4.69) is 24.5 Å². The number of aliphatic hydroxyl groups excluding tert-OH is 1. The maximum absolute atomic E-state index is 12.9. The van der Waals surface area contributed by atoms with Crippen molar-refractivity contribution in [2.45, 2.75) is 321 Å². The van der Waals surface area contributed by atoms with Gasteiger partial charge in [0.2, 0.25) is 11.8 Å². The minimum Gasteiger partial charge on any atom is -0.480 e. The molecule has 2 amide bonds. The van der Waals surface area contributed by atoms with Crippen LogP contribution < -0.4 is 10.6 Å². The van der Waals surface area contributed by atoms with Gasteiger partial charge in [0, 0.05) is 12.8 Å². The molecule has 0 fully saturated rings. The van der Waals surface area contributed by atoms with Crippen molar-refractivity contribution in [1.82, 2.24) is 10.6 Å². The third-order valence-electron chi connectivity index (χ3n) is 13.4. The van der Waals surface area contributed by atoms with Crippen LogP contribution in [0.5, 0.6) is 0 Å². The van der Waals surface area contributed by atoms with Crippen LogP contribution in [0.2, 0.25) is 0 Å². The minimum absolute atomic E-state index is 0.00662.